The highest BCUT2D eigenvalue weighted by molar-refractivity contribution is 6.04. The van der Waals surface area contributed by atoms with E-state index in [1.807, 2.05) is 32.8 Å². The van der Waals surface area contributed by atoms with Crippen molar-refractivity contribution >= 4 is 5.78 Å². The Morgan fingerprint density at radius 2 is 2.10 bits per heavy atom. The van der Waals surface area contributed by atoms with Crippen LogP contribution in [0.15, 0.2) is 12.3 Å². The van der Waals surface area contributed by atoms with Crippen molar-refractivity contribution in [3.8, 4) is 0 Å². The molecule has 0 saturated carbocycles. The Labute approximate surface area is 121 Å². The predicted octanol–water partition coefficient (Wildman–Crippen LogP) is 2.50. The van der Waals surface area contributed by atoms with Gasteiger partial charge in [0.15, 0.2) is 0 Å². The number of carbonyl (C=O) groups is 1. The maximum Gasteiger partial charge on any atom is 0.207 e. The lowest BCUT2D eigenvalue weighted by Gasteiger charge is -2.22. The molecule has 1 aromatic heterocycles. The molecular weight excluding hydrogens is 254 g/mol. The molecule has 1 N–H and O–H groups in total. The number of aryl methyl sites for hydroxylation is 1. The Balaban J connectivity index is 3.19. The summed E-state index contributed by atoms with van der Waals surface area (Å²) in [5, 5.41) is 0. The van der Waals surface area contributed by atoms with Gasteiger partial charge in [0, 0.05) is 39.9 Å². The lowest BCUT2D eigenvalue weighted by molar-refractivity contribution is 0.0150. The van der Waals surface area contributed by atoms with Gasteiger partial charge in [0.25, 0.3) is 0 Å². The third kappa shape index (κ3) is 3.93. The van der Waals surface area contributed by atoms with Gasteiger partial charge < -0.3 is 14.6 Å². The number of methoxy groups -OCH3 is 1. The highest BCUT2D eigenvalue weighted by Gasteiger charge is 2.29. The fourth-order valence-corrected chi connectivity index (χ4v) is 1.79. The van der Waals surface area contributed by atoms with Crippen molar-refractivity contribution < 1.29 is 9.53 Å². The lowest BCUT2D eigenvalue weighted by Crippen LogP contribution is -2.23. The third-order valence-corrected chi connectivity index (χ3v) is 3.11. The summed E-state index contributed by atoms with van der Waals surface area (Å²) in [6.07, 6.45) is 5.04. The summed E-state index contributed by atoms with van der Waals surface area (Å²) in [5.41, 5.74) is 0.603. The van der Waals surface area contributed by atoms with E-state index in [-0.39, 0.29) is 5.78 Å². The number of nitrogens with one attached hydrogen (secondary N) is 1. The van der Waals surface area contributed by atoms with Crippen molar-refractivity contribution in [1.82, 2.24) is 14.9 Å². The molecular formula is C15H25N3O2. The number of rotatable bonds is 7. The van der Waals surface area contributed by atoms with Crippen LogP contribution >= 0.6 is 0 Å². The van der Waals surface area contributed by atoms with E-state index < -0.39 is 5.60 Å². The van der Waals surface area contributed by atoms with Crippen LogP contribution in [0.25, 0.3) is 0 Å². The largest absolute Gasteiger partial charge is 0.383 e. The average Bonchev–Trinajstić information content (AvgIpc) is 2.81. The summed E-state index contributed by atoms with van der Waals surface area (Å²) >= 11 is 0. The van der Waals surface area contributed by atoms with Crippen LogP contribution in [0.4, 0.5) is 0 Å². The first-order chi connectivity index (χ1) is 9.31. The average molecular weight is 279 g/mol. The van der Waals surface area contributed by atoms with Gasteiger partial charge in [0.05, 0.1) is 5.69 Å². The van der Waals surface area contributed by atoms with Crippen LogP contribution in [0.5, 0.6) is 0 Å². The van der Waals surface area contributed by atoms with Crippen LogP contribution in [0, 0.1) is 0 Å². The zero-order chi connectivity index (χ0) is 15.3. The molecule has 0 fully saturated rings. The Morgan fingerprint density at radius 1 is 1.45 bits per heavy atom. The molecule has 0 aliphatic carbocycles. The number of aromatic nitrogens is 2. The van der Waals surface area contributed by atoms with Crippen LogP contribution < -0.4 is 0 Å². The fourth-order valence-electron chi connectivity index (χ4n) is 1.79. The molecule has 5 nitrogen and oxygen atoms in total. The highest BCUT2D eigenvalue weighted by Crippen LogP contribution is 2.26. The van der Waals surface area contributed by atoms with E-state index >= 15 is 0 Å². The maximum atomic E-state index is 12.3. The molecule has 20 heavy (non-hydrogen) atoms. The first-order valence-corrected chi connectivity index (χ1v) is 6.85. The Bertz CT molecular complexity index is 487. The molecule has 0 radical (unpaired) electrons. The second kappa shape index (κ2) is 6.70. The van der Waals surface area contributed by atoms with Crippen LogP contribution in [-0.2, 0) is 16.8 Å². The van der Waals surface area contributed by atoms with E-state index in [1.165, 1.54) is 6.08 Å². The van der Waals surface area contributed by atoms with Crippen molar-refractivity contribution in [1.29, 1.82) is 0 Å². The Hall–Kier alpha value is -1.62. The second-order valence-corrected chi connectivity index (χ2v) is 5.52. The van der Waals surface area contributed by atoms with Gasteiger partial charge in [0.2, 0.25) is 5.78 Å². The number of carbonyl (C=O) groups excluding carboxylic acids is 1. The molecule has 1 rings (SSSR count). The molecule has 0 atom stereocenters. The van der Waals surface area contributed by atoms with Crippen LogP contribution in [-0.4, -0.2) is 41.9 Å². The van der Waals surface area contributed by atoms with Crippen LogP contribution in [0.2, 0.25) is 0 Å². The van der Waals surface area contributed by atoms with Gasteiger partial charge in [-0.05, 0) is 20.3 Å². The topological polar surface area (TPSA) is 58.2 Å². The van der Waals surface area contributed by atoms with Crippen molar-refractivity contribution in [2.45, 2.75) is 39.2 Å². The molecule has 0 aliphatic heterocycles. The van der Waals surface area contributed by atoms with Gasteiger partial charge in [-0.3, -0.25) is 4.79 Å². The van der Waals surface area contributed by atoms with E-state index in [0.717, 1.165) is 24.4 Å². The molecule has 1 aromatic rings. The SMILES string of the molecule is CCCc1nc(C(=O)C=CN(C)C)c(C(C)(C)OC)[nH]1. The summed E-state index contributed by atoms with van der Waals surface area (Å²) in [5.74, 6) is 0.714. The summed E-state index contributed by atoms with van der Waals surface area (Å²) in [6.45, 7) is 5.92. The number of ether oxygens (including phenoxy) is 1. The van der Waals surface area contributed by atoms with Gasteiger partial charge >= 0.3 is 0 Å². The van der Waals surface area contributed by atoms with Crippen molar-refractivity contribution in [3.63, 3.8) is 0 Å². The molecule has 0 saturated heterocycles. The fraction of sp³-hybridized carbons (Fsp3) is 0.600. The van der Waals surface area contributed by atoms with Gasteiger partial charge in [-0.1, -0.05) is 6.92 Å². The van der Waals surface area contributed by atoms with Gasteiger partial charge in [-0.25, -0.2) is 4.98 Å². The Morgan fingerprint density at radius 3 is 2.60 bits per heavy atom. The van der Waals surface area contributed by atoms with E-state index in [4.69, 9.17) is 4.74 Å². The number of hydrogen-bond donors (Lipinski definition) is 1. The molecule has 0 bridgehead atoms. The third-order valence-electron chi connectivity index (χ3n) is 3.11. The standard InChI is InChI=1S/C15H25N3O2/c1-7-8-12-16-13(11(19)9-10-18(4)5)14(17-12)15(2,3)20-6/h9-10H,7-8H2,1-6H3,(H,16,17). The maximum absolute atomic E-state index is 12.3. The molecule has 0 aromatic carbocycles. The van der Waals surface area contributed by atoms with Crippen molar-refractivity contribution in [2.75, 3.05) is 21.2 Å². The minimum absolute atomic E-state index is 0.113. The molecule has 0 amide bonds. The molecule has 0 aliphatic rings. The molecule has 112 valence electrons. The van der Waals surface area contributed by atoms with E-state index in [0.29, 0.717) is 5.69 Å². The zero-order valence-corrected chi connectivity index (χ0v) is 13.3. The molecule has 0 unspecified atom stereocenters. The quantitative estimate of drug-likeness (QED) is 0.615. The number of aromatic amines is 1. The first-order valence-electron chi connectivity index (χ1n) is 6.85. The molecule has 1 heterocycles. The zero-order valence-electron chi connectivity index (χ0n) is 13.3. The second-order valence-electron chi connectivity index (χ2n) is 5.52. The first kappa shape index (κ1) is 16.4. The van der Waals surface area contributed by atoms with Gasteiger partial charge in [-0.2, -0.15) is 0 Å². The summed E-state index contributed by atoms with van der Waals surface area (Å²) in [4.78, 5) is 21.8. The van der Waals surface area contributed by atoms with Crippen LogP contribution in [0.3, 0.4) is 0 Å². The predicted molar refractivity (Wildman–Crippen MR) is 79.8 cm³/mol. The monoisotopic (exact) mass is 279 g/mol. The number of ketones is 1. The van der Waals surface area contributed by atoms with Gasteiger partial charge in [-0.15, -0.1) is 0 Å². The summed E-state index contributed by atoms with van der Waals surface area (Å²) < 4.78 is 5.47. The lowest BCUT2D eigenvalue weighted by atomic mass is 10.0. The Kier molecular flexibility index (Phi) is 5.51. The number of allylic oxidation sites excluding steroid dienone is 1. The van der Waals surface area contributed by atoms with Crippen molar-refractivity contribution in [2.24, 2.45) is 0 Å². The van der Waals surface area contributed by atoms with Crippen LogP contribution in [0.1, 0.15) is 49.2 Å². The van der Waals surface area contributed by atoms with E-state index in [9.17, 15) is 4.79 Å². The minimum Gasteiger partial charge on any atom is -0.383 e. The normalized spacial score (nSPS) is 12.1. The highest BCUT2D eigenvalue weighted by atomic mass is 16.5. The summed E-state index contributed by atoms with van der Waals surface area (Å²) in [7, 11) is 5.37. The number of imidazole rings is 1. The van der Waals surface area contributed by atoms with Crippen molar-refractivity contribution in [3.05, 3.63) is 29.5 Å². The summed E-state index contributed by atoms with van der Waals surface area (Å²) in [6, 6.07) is 0. The number of hydrogen-bond acceptors (Lipinski definition) is 4. The van der Waals surface area contributed by atoms with E-state index in [1.54, 1.807) is 13.3 Å². The molecule has 0 spiro atoms. The number of H-pyrrole nitrogens is 1. The number of nitrogens with zero attached hydrogens (tertiary/aromatic N) is 2. The van der Waals surface area contributed by atoms with Gasteiger partial charge in [0.1, 0.15) is 17.1 Å². The smallest absolute Gasteiger partial charge is 0.207 e. The molecule has 5 heteroatoms. The van der Waals surface area contributed by atoms with E-state index in [2.05, 4.69) is 16.9 Å². The minimum atomic E-state index is -0.573.